The number of hydrogen-bond acceptors (Lipinski definition) is 3. The summed E-state index contributed by atoms with van der Waals surface area (Å²) in [4.78, 5) is 11.2. The zero-order valence-electron chi connectivity index (χ0n) is 10.3. The van der Waals surface area contributed by atoms with Crippen LogP contribution in [0.15, 0.2) is 36.4 Å². The van der Waals surface area contributed by atoms with Gasteiger partial charge in [0, 0.05) is 6.07 Å². The second-order valence-corrected chi connectivity index (χ2v) is 4.09. The van der Waals surface area contributed by atoms with E-state index in [1.54, 1.807) is 31.2 Å². The van der Waals surface area contributed by atoms with Gasteiger partial charge in [0.15, 0.2) is 5.75 Å². The zero-order chi connectivity index (χ0) is 14.0. The highest BCUT2D eigenvalue weighted by atomic mass is 19.1. The molecule has 0 aliphatic rings. The van der Waals surface area contributed by atoms with Gasteiger partial charge in [0.2, 0.25) is 0 Å². The van der Waals surface area contributed by atoms with Crippen LogP contribution in [-0.2, 0) is 0 Å². The van der Waals surface area contributed by atoms with E-state index in [4.69, 9.17) is 16.2 Å². The van der Waals surface area contributed by atoms with Gasteiger partial charge < -0.3 is 16.2 Å². The largest absolute Gasteiger partial charge is 0.455 e. The number of anilines is 1. The number of ether oxygens (including phenoxy) is 1. The fraction of sp³-hybridized carbons (Fsp3) is 0.0714. The minimum Gasteiger partial charge on any atom is -0.455 e. The van der Waals surface area contributed by atoms with Gasteiger partial charge in [-0.05, 0) is 30.7 Å². The topological polar surface area (TPSA) is 78.3 Å². The molecule has 0 bridgehead atoms. The van der Waals surface area contributed by atoms with Crippen molar-refractivity contribution in [3.8, 4) is 11.5 Å². The molecule has 4 nitrogen and oxygen atoms in total. The Hall–Kier alpha value is -2.56. The van der Waals surface area contributed by atoms with Crippen molar-refractivity contribution in [1.82, 2.24) is 0 Å². The molecule has 2 aromatic carbocycles. The van der Waals surface area contributed by atoms with Crippen molar-refractivity contribution < 1.29 is 13.9 Å². The van der Waals surface area contributed by atoms with E-state index in [2.05, 4.69) is 0 Å². The summed E-state index contributed by atoms with van der Waals surface area (Å²) >= 11 is 0. The van der Waals surface area contributed by atoms with Gasteiger partial charge in [-0.25, -0.2) is 4.39 Å². The number of nitrogens with two attached hydrogens (primary N) is 2. The van der Waals surface area contributed by atoms with E-state index in [-0.39, 0.29) is 22.8 Å². The Balaban J connectivity index is 2.35. The molecule has 0 aromatic heterocycles. The molecule has 2 rings (SSSR count). The average Bonchev–Trinajstić information content (AvgIpc) is 2.36. The zero-order valence-corrected chi connectivity index (χ0v) is 10.3. The fourth-order valence-corrected chi connectivity index (χ4v) is 1.61. The number of amides is 1. The van der Waals surface area contributed by atoms with Gasteiger partial charge in [-0.1, -0.05) is 12.1 Å². The summed E-state index contributed by atoms with van der Waals surface area (Å²) in [5.41, 5.74) is 11.8. The van der Waals surface area contributed by atoms with Gasteiger partial charge in [-0.2, -0.15) is 0 Å². The average molecular weight is 260 g/mol. The molecule has 0 radical (unpaired) electrons. The Morgan fingerprint density at radius 1 is 1.26 bits per heavy atom. The normalized spacial score (nSPS) is 10.2. The van der Waals surface area contributed by atoms with Crippen LogP contribution < -0.4 is 16.2 Å². The van der Waals surface area contributed by atoms with Gasteiger partial charge in [-0.15, -0.1) is 0 Å². The Morgan fingerprint density at radius 2 is 2.00 bits per heavy atom. The smallest absolute Gasteiger partial charge is 0.250 e. The first kappa shape index (κ1) is 12.9. The first-order chi connectivity index (χ1) is 8.99. The standard InChI is InChI=1S/C14H13FN2O2/c1-8-5-6-9(7-11(8)15)19-12-4-2-3-10(13(12)16)14(17)18/h2-7H,16H2,1H3,(H2,17,18). The third-order valence-corrected chi connectivity index (χ3v) is 2.70. The first-order valence-corrected chi connectivity index (χ1v) is 5.61. The maximum atomic E-state index is 13.4. The van der Waals surface area contributed by atoms with Crippen molar-refractivity contribution in [3.63, 3.8) is 0 Å². The van der Waals surface area contributed by atoms with E-state index < -0.39 is 5.91 Å². The molecule has 19 heavy (non-hydrogen) atoms. The van der Waals surface area contributed by atoms with Crippen molar-refractivity contribution in [2.24, 2.45) is 5.73 Å². The highest BCUT2D eigenvalue weighted by Gasteiger charge is 2.11. The second kappa shape index (κ2) is 4.97. The van der Waals surface area contributed by atoms with Crippen LogP contribution >= 0.6 is 0 Å². The number of hydrogen-bond donors (Lipinski definition) is 2. The van der Waals surface area contributed by atoms with Crippen LogP contribution in [-0.4, -0.2) is 5.91 Å². The molecule has 98 valence electrons. The third-order valence-electron chi connectivity index (χ3n) is 2.70. The van der Waals surface area contributed by atoms with Gasteiger partial charge >= 0.3 is 0 Å². The highest BCUT2D eigenvalue weighted by molar-refractivity contribution is 5.99. The van der Waals surface area contributed by atoms with Crippen LogP contribution in [0.3, 0.4) is 0 Å². The van der Waals surface area contributed by atoms with Crippen LogP contribution in [0.2, 0.25) is 0 Å². The number of carbonyl (C=O) groups excluding carboxylic acids is 1. The highest BCUT2D eigenvalue weighted by Crippen LogP contribution is 2.30. The lowest BCUT2D eigenvalue weighted by molar-refractivity contribution is 0.100. The monoisotopic (exact) mass is 260 g/mol. The molecule has 0 saturated heterocycles. The molecule has 4 N–H and O–H groups in total. The van der Waals surface area contributed by atoms with E-state index >= 15 is 0 Å². The third kappa shape index (κ3) is 2.65. The number of primary amides is 1. The summed E-state index contributed by atoms with van der Waals surface area (Å²) in [5.74, 6) is -0.448. The Bertz CT molecular complexity index is 641. The van der Waals surface area contributed by atoms with Crippen molar-refractivity contribution >= 4 is 11.6 Å². The number of benzene rings is 2. The Labute approximate surface area is 109 Å². The molecule has 0 fully saturated rings. The molecule has 1 amide bonds. The van der Waals surface area contributed by atoms with E-state index in [1.165, 1.54) is 12.1 Å². The van der Waals surface area contributed by atoms with E-state index in [0.29, 0.717) is 11.3 Å². The summed E-state index contributed by atoms with van der Waals surface area (Å²) in [6.07, 6.45) is 0. The number of rotatable bonds is 3. The number of nitrogen functional groups attached to an aromatic ring is 1. The van der Waals surface area contributed by atoms with Crippen molar-refractivity contribution in [3.05, 3.63) is 53.3 Å². The molecule has 0 spiro atoms. The van der Waals surface area contributed by atoms with E-state index in [9.17, 15) is 9.18 Å². The van der Waals surface area contributed by atoms with E-state index in [0.717, 1.165) is 0 Å². The molecule has 0 unspecified atom stereocenters. The summed E-state index contributed by atoms with van der Waals surface area (Å²) in [5, 5.41) is 0. The van der Waals surface area contributed by atoms with E-state index in [1.807, 2.05) is 0 Å². The lowest BCUT2D eigenvalue weighted by atomic mass is 10.1. The Kier molecular flexibility index (Phi) is 3.37. The van der Waals surface area contributed by atoms with Crippen molar-refractivity contribution in [2.45, 2.75) is 6.92 Å². The lowest BCUT2D eigenvalue weighted by Gasteiger charge is -2.11. The van der Waals surface area contributed by atoms with Crippen LogP contribution in [0.4, 0.5) is 10.1 Å². The maximum Gasteiger partial charge on any atom is 0.250 e. The molecule has 0 saturated carbocycles. The summed E-state index contributed by atoms with van der Waals surface area (Å²) in [6.45, 7) is 1.65. The quantitative estimate of drug-likeness (QED) is 0.832. The molecule has 0 heterocycles. The predicted octanol–water partition coefficient (Wildman–Crippen LogP) is 2.61. The predicted molar refractivity (Wildman–Crippen MR) is 70.6 cm³/mol. The summed E-state index contributed by atoms with van der Waals surface area (Å²) in [6, 6.07) is 9.15. The van der Waals surface area contributed by atoms with Crippen LogP contribution in [0.25, 0.3) is 0 Å². The molecular formula is C14H13FN2O2. The van der Waals surface area contributed by atoms with Crippen LogP contribution in [0, 0.1) is 12.7 Å². The van der Waals surface area contributed by atoms with Gasteiger partial charge in [0.1, 0.15) is 11.6 Å². The first-order valence-electron chi connectivity index (χ1n) is 5.61. The van der Waals surface area contributed by atoms with Crippen LogP contribution in [0.5, 0.6) is 11.5 Å². The minimum absolute atomic E-state index is 0.135. The van der Waals surface area contributed by atoms with Crippen molar-refractivity contribution in [2.75, 3.05) is 5.73 Å². The van der Waals surface area contributed by atoms with Gasteiger partial charge in [0.25, 0.3) is 5.91 Å². The number of aryl methyl sites for hydroxylation is 1. The van der Waals surface area contributed by atoms with Gasteiger partial charge in [0.05, 0.1) is 11.3 Å². The number of carbonyl (C=O) groups is 1. The van der Waals surface area contributed by atoms with Crippen molar-refractivity contribution in [1.29, 1.82) is 0 Å². The molecule has 2 aromatic rings. The molecule has 0 aliphatic heterocycles. The Morgan fingerprint density at radius 3 is 2.63 bits per heavy atom. The molecule has 5 heteroatoms. The fourth-order valence-electron chi connectivity index (χ4n) is 1.61. The second-order valence-electron chi connectivity index (χ2n) is 4.09. The minimum atomic E-state index is -0.641. The number of para-hydroxylation sites is 1. The number of halogens is 1. The van der Waals surface area contributed by atoms with Crippen LogP contribution in [0.1, 0.15) is 15.9 Å². The SMILES string of the molecule is Cc1ccc(Oc2cccc(C(N)=O)c2N)cc1F. The summed E-state index contributed by atoms with van der Waals surface area (Å²) < 4.78 is 18.9. The maximum absolute atomic E-state index is 13.4. The van der Waals surface area contributed by atoms with Gasteiger partial charge in [-0.3, -0.25) is 4.79 Å². The summed E-state index contributed by atoms with van der Waals surface area (Å²) in [7, 11) is 0. The molecular weight excluding hydrogens is 247 g/mol. The molecule has 0 aliphatic carbocycles. The molecule has 0 atom stereocenters. The lowest BCUT2D eigenvalue weighted by Crippen LogP contribution is -2.13.